The summed E-state index contributed by atoms with van der Waals surface area (Å²) in [6.45, 7) is 3.80. The monoisotopic (exact) mass is 212 g/mol. The van der Waals surface area contributed by atoms with Crippen molar-refractivity contribution in [2.24, 2.45) is 11.7 Å². The molecule has 1 saturated heterocycles. The second-order valence-corrected chi connectivity index (χ2v) is 5.03. The minimum atomic E-state index is 0.112. The van der Waals surface area contributed by atoms with Crippen LogP contribution in [0.15, 0.2) is 6.20 Å². The zero-order valence-corrected chi connectivity index (χ0v) is 9.22. The number of rotatable bonds is 3. The van der Waals surface area contributed by atoms with Crippen LogP contribution < -0.4 is 5.73 Å². The second kappa shape index (κ2) is 4.38. The van der Waals surface area contributed by atoms with E-state index in [9.17, 15) is 0 Å². The minimum Gasteiger partial charge on any atom is -0.381 e. The van der Waals surface area contributed by atoms with E-state index < -0.39 is 0 Å². The summed E-state index contributed by atoms with van der Waals surface area (Å²) in [6.07, 6.45) is 4.13. The molecule has 1 aliphatic heterocycles. The molecule has 2 atom stereocenters. The molecule has 0 amide bonds. The van der Waals surface area contributed by atoms with Gasteiger partial charge in [0.05, 0.1) is 5.01 Å². The highest BCUT2D eigenvalue weighted by molar-refractivity contribution is 7.11. The van der Waals surface area contributed by atoms with E-state index in [4.69, 9.17) is 10.5 Å². The molecule has 1 aromatic heterocycles. The molecular weight excluding hydrogens is 196 g/mol. The van der Waals surface area contributed by atoms with Crippen LogP contribution in [0.1, 0.15) is 29.3 Å². The summed E-state index contributed by atoms with van der Waals surface area (Å²) in [6, 6.07) is 0.112. The van der Waals surface area contributed by atoms with E-state index in [1.807, 2.05) is 13.1 Å². The Morgan fingerprint density at radius 2 is 2.64 bits per heavy atom. The molecule has 3 nitrogen and oxygen atoms in total. The van der Waals surface area contributed by atoms with Crippen molar-refractivity contribution in [1.82, 2.24) is 4.98 Å². The largest absolute Gasteiger partial charge is 0.381 e. The Kier molecular flexibility index (Phi) is 3.15. The lowest BCUT2D eigenvalue weighted by molar-refractivity contribution is 0.186. The third kappa shape index (κ3) is 2.32. The van der Waals surface area contributed by atoms with E-state index in [1.54, 1.807) is 11.3 Å². The van der Waals surface area contributed by atoms with E-state index in [0.29, 0.717) is 5.92 Å². The summed E-state index contributed by atoms with van der Waals surface area (Å²) < 4.78 is 5.34. The fraction of sp³-hybridized carbons (Fsp3) is 0.700. The van der Waals surface area contributed by atoms with Gasteiger partial charge in [-0.3, -0.25) is 0 Å². The van der Waals surface area contributed by atoms with Crippen LogP contribution >= 0.6 is 11.3 Å². The van der Waals surface area contributed by atoms with Gasteiger partial charge >= 0.3 is 0 Å². The maximum atomic E-state index is 5.78. The van der Waals surface area contributed by atoms with Crippen molar-refractivity contribution in [2.75, 3.05) is 13.2 Å². The molecule has 1 aromatic rings. The van der Waals surface area contributed by atoms with Gasteiger partial charge in [0.15, 0.2) is 0 Å². The summed E-state index contributed by atoms with van der Waals surface area (Å²) >= 11 is 1.74. The van der Waals surface area contributed by atoms with Crippen molar-refractivity contribution in [3.63, 3.8) is 0 Å². The Morgan fingerprint density at radius 3 is 3.21 bits per heavy atom. The van der Waals surface area contributed by atoms with Crippen LogP contribution in [0.3, 0.4) is 0 Å². The summed E-state index contributed by atoms with van der Waals surface area (Å²) in [5, 5.41) is 1.20. The van der Waals surface area contributed by atoms with Crippen LogP contribution in [0.2, 0.25) is 0 Å². The SMILES string of the molecule is CC(N)c1cnc(CC2CCOC2)s1. The first-order chi connectivity index (χ1) is 6.75. The summed E-state index contributed by atoms with van der Waals surface area (Å²) in [7, 11) is 0. The Morgan fingerprint density at radius 1 is 1.79 bits per heavy atom. The Labute approximate surface area is 88.3 Å². The van der Waals surface area contributed by atoms with Gasteiger partial charge in [0.2, 0.25) is 0 Å². The van der Waals surface area contributed by atoms with Gasteiger partial charge in [0, 0.05) is 36.8 Å². The predicted molar refractivity (Wildman–Crippen MR) is 57.3 cm³/mol. The Bertz CT molecular complexity index is 292. The van der Waals surface area contributed by atoms with Crippen molar-refractivity contribution < 1.29 is 4.74 Å². The molecule has 2 rings (SSSR count). The standard InChI is InChI=1S/C10H16N2OS/c1-7(11)9-5-12-10(14-9)4-8-2-3-13-6-8/h5,7-8H,2-4,6,11H2,1H3. The van der Waals surface area contributed by atoms with Crippen LogP contribution in [0.25, 0.3) is 0 Å². The van der Waals surface area contributed by atoms with Gasteiger partial charge in [0.25, 0.3) is 0 Å². The highest BCUT2D eigenvalue weighted by Gasteiger charge is 2.18. The third-order valence-electron chi connectivity index (χ3n) is 2.51. The van der Waals surface area contributed by atoms with Gasteiger partial charge in [-0.25, -0.2) is 4.98 Å². The van der Waals surface area contributed by atoms with Gasteiger partial charge in [-0.15, -0.1) is 11.3 Å². The quantitative estimate of drug-likeness (QED) is 0.830. The molecule has 0 saturated carbocycles. The molecule has 0 spiro atoms. The smallest absolute Gasteiger partial charge is 0.0931 e. The zero-order chi connectivity index (χ0) is 9.97. The molecule has 14 heavy (non-hydrogen) atoms. The highest BCUT2D eigenvalue weighted by Crippen LogP contribution is 2.24. The van der Waals surface area contributed by atoms with E-state index in [0.717, 1.165) is 19.6 Å². The zero-order valence-electron chi connectivity index (χ0n) is 8.40. The van der Waals surface area contributed by atoms with Crippen molar-refractivity contribution in [1.29, 1.82) is 0 Å². The highest BCUT2D eigenvalue weighted by atomic mass is 32.1. The maximum absolute atomic E-state index is 5.78. The topological polar surface area (TPSA) is 48.1 Å². The molecular formula is C10H16N2OS. The Hall–Kier alpha value is -0.450. The first kappa shape index (κ1) is 10.1. The fourth-order valence-corrected chi connectivity index (χ4v) is 2.61. The van der Waals surface area contributed by atoms with Gasteiger partial charge in [-0.2, -0.15) is 0 Å². The predicted octanol–water partition coefficient (Wildman–Crippen LogP) is 1.74. The molecule has 2 unspecified atom stereocenters. The third-order valence-corrected chi connectivity index (χ3v) is 3.73. The first-order valence-electron chi connectivity index (χ1n) is 5.03. The van der Waals surface area contributed by atoms with Gasteiger partial charge in [0.1, 0.15) is 0 Å². The lowest BCUT2D eigenvalue weighted by Crippen LogP contribution is -2.03. The fourth-order valence-electron chi connectivity index (χ4n) is 1.62. The molecule has 0 bridgehead atoms. The Balaban J connectivity index is 1.95. The number of nitrogens with zero attached hydrogens (tertiary/aromatic N) is 1. The van der Waals surface area contributed by atoms with Crippen LogP contribution in [0.5, 0.6) is 0 Å². The molecule has 0 radical (unpaired) electrons. The number of nitrogens with two attached hydrogens (primary N) is 1. The number of hydrogen-bond donors (Lipinski definition) is 1. The summed E-state index contributed by atoms with van der Waals surface area (Å²) in [5.74, 6) is 0.669. The van der Waals surface area contributed by atoms with E-state index in [1.165, 1.54) is 16.3 Å². The molecule has 0 aliphatic carbocycles. The van der Waals surface area contributed by atoms with Crippen LogP contribution in [-0.4, -0.2) is 18.2 Å². The van der Waals surface area contributed by atoms with Crippen molar-refractivity contribution in [3.8, 4) is 0 Å². The second-order valence-electron chi connectivity index (χ2n) is 3.88. The van der Waals surface area contributed by atoms with E-state index >= 15 is 0 Å². The maximum Gasteiger partial charge on any atom is 0.0931 e. The van der Waals surface area contributed by atoms with Gasteiger partial charge < -0.3 is 10.5 Å². The number of hydrogen-bond acceptors (Lipinski definition) is 4. The van der Waals surface area contributed by atoms with Crippen molar-refractivity contribution in [3.05, 3.63) is 16.1 Å². The van der Waals surface area contributed by atoms with Crippen LogP contribution in [0.4, 0.5) is 0 Å². The summed E-state index contributed by atoms with van der Waals surface area (Å²) in [5.41, 5.74) is 5.78. The molecule has 4 heteroatoms. The van der Waals surface area contributed by atoms with E-state index in [-0.39, 0.29) is 6.04 Å². The summed E-state index contributed by atoms with van der Waals surface area (Å²) in [4.78, 5) is 5.56. The number of aromatic nitrogens is 1. The van der Waals surface area contributed by atoms with Crippen LogP contribution in [0, 0.1) is 5.92 Å². The van der Waals surface area contributed by atoms with Crippen molar-refractivity contribution in [2.45, 2.75) is 25.8 Å². The van der Waals surface area contributed by atoms with Crippen molar-refractivity contribution >= 4 is 11.3 Å². The minimum absolute atomic E-state index is 0.112. The van der Waals surface area contributed by atoms with Crippen LogP contribution in [-0.2, 0) is 11.2 Å². The van der Waals surface area contributed by atoms with Gasteiger partial charge in [-0.05, 0) is 19.3 Å². The molecule has 2 N–H and O–H groups in total. The molecule has 78 valence electrons. The molecule has 1 aliphatic rings. The average Bonchev–Trinajstić information content (AvgIpc) is 2.75. The number of thiazole rings is 1. The van der Waals surface area contributed by atoms with E-state index in [2.05, 4.69) is 4.98 Å². The molecule has 2 heterocycles. The average molecular weight is 212 g/mol. The normalized spacial score (nSPS) is 24.0. The first-order valence-corrected chi connectivity index (χ1v) is 5.85. The lowest BCUT2D eigenvalue weighted by Gasteiger charge is -2.03. The lowest BCUT2D eigenvalue weighted by atomic mass is 10.1. The molecule has 1 fully saturated rings. The molecule has 0 aromatic carbocycles. The number of ether oxygens (including phenoxy) is 1. The van der Waals surface area contributed by atoms with Gasteiger partial charge in [-0.1, -0.05) is 0 Å².